The first-order valence-corrected chi connectivity index (χ1v) is 5.51. The number of amides is 1. The van der Waals surface area contributed by atoms with Crippen molar-refractivity contribution in [3.05, 3.63) is 30.0 Å². The predicted octanol–water partition coefficient (Wildman–Crippen LogP) is 0.611. The maximum atomic E-state index is 12.8. The van der Waals surface area contributed by atoms with E-state index in [0.717, 1.165) is 6.20 Å². The highest BCUT2D eigenvalue weighted by molar-refractivity contribution is 5.92. The smallest absolute Gasteiger partial charge is 0.289 e. The summed E-state index contributed by atoms with van der Waals surface area (Å²) in [5.74, 6) is 0.0683. The topological polar surface area (TPSA) is 72.7 Å². The van der Waals surface area contributed by atoms with Crippen LogP contribution in [0.1, 0.15) is 17.5 Å². The zero-order valence-corrected chi connectivity index (χ0v) is 9.59. The van der Waals surface area contributed by atoms with Gasteiger partial charge in [-0.25, -0.2) is 9.37 Å². The summed E-state index contributed by atoms with van der Waals surface area (Å²) in [4.78, 5) is 15.6. The van der Waals surface area contributed by atoms with Crippen LogP contribution in [-0.4, -0.2) is 31.7 Å². The highest BCUT2D eigenvalue weighted by Gasteiger charge is 2.27. The minimum absolute atomic E-state index is 0.000184. The first-order chi connectivity index (χ1) is 8.65. The number of carbonyl (C=O) groups excluding carboxylic acids is 1. The molecule has 1 aliphatic heterocycles. The monoisotopic (exact) mass is 247 g/mol. The Hall–Kier alpha value is -2.31. The van der Waals surface area contributed by atoms with E-state index in [2.05, 4.69) is 20.5 Å². The molecular weight excluding hydrogens is 237 g/mol. The van der Waals surface area contributed by atoms with Crippen LogP contribution in [0.5, 0.6) is 0 Å². The minimum atomic E-state index is -0.414. The second-order valence-electron chi connectivity index (χ2n) is 4.19. The van der Waals surface area contributed by atoms with E-state index in [-0.39, 0.29) is 17.8 Å². The molecule has 3 heterocycles. The van der Waals surface area contributed by atoms with Crippen molar-refractivity contribution in [1.29, 1.82) is 0 Å². The largest absolute Gasteiger partial charge is 0.345 e. The van der Waals surface area contributed by atoms with Crippen LogP contribution in [-0.2, 0) is 6.54 Å². The number of nitrogens with one attached hydrogen (secondary N) is 1. The minimum Gasteiger partial charge on any atom is -0.345 e. The van der Waals surface area contributed by atoms with Crippen LogP contribution < -0.4 is 5.32 Å². The van der Waals surface area contributed by atoms with Gasteiger partial charge in [0.25, 0.3) is 5.91 Å². The van der Waals surface area contributed by atoms with Crippen molar-refractivity contribution in [3.8, 4) is 11.5 Å². The van der Waals surface area contributed by atoms with Gasteiger partial charge in [0.15, 0.2) is 5.82 Å². The van der Waals surface area contributed by atoms with E-state index in [4.69, 9.17) is 0 Å². The number of pyridine rings is 1. The molecule has 1 aliphatic rings. The third kappa shape index (κ3) is 1.64. The lowest BCUT2D eigenvalue weighted by atomic mass is 10.2. The van der Waals surface area contributed by atoms with Crippen LogP contribution >= 0.6 is 0 Å². The molecule has 0 aromatic carbocycles. The third-order valence-electron chi connectivity index (χ3n) is 2.74. The lowest BCUT2D eigenvalue weighted by Crippen LogP contribution is -2.42. The normalized spacial score (nSPS) is 18.3. The van der Waals surface area contributed by atoms with Gasteiger partial charge in [-0.05, 0) is 19.1 Å². The number of halogens is 1. The van der Waals surface area contributed by atoms with Crippen LogP contribution in [0, 0.1) is 5.82 Å². The van der Waals surface area contributed by atoms with Crippen molar-refractivity contribution in [3.63, 3.8) is 0 Å². The summed E-state index contributed by atoms with van der Waals surface area (Å²) in [5, 5.41) is 10.6. The fourth-order valence-electron chi connectivity index (χ4n) is 1.95. The summed E-state index contributed by atoms with van der Waals surface area (Å²) in [6.07, 6.45) is 1.11. The lowest BCUT2D eigenvalue weighted by molar-refractivity contribution is 0.0900. The summed E-state index contributed by atoms with van der Waals surface area (Å²) in [6.45, 7) is 2.46. The molecule has 92 valence electrons. The molecule has 1 atom stereocenters. The Kier molecular flexibility index (Phi) is 2.32. The molecule has 1 amide bonds. The third-order valence-corrected chi connectivity index (χ3v) is 2.74. The highest BCUT2D eigenvalue weighted by Crippen LogP contribution is 2.18. The van der Waals surface area contributed by atoms with Crippen molar-refractivity contribution < 1.29 is 9.18 Å². The molecular formula is C11H10FN5O. The number of nitrogens with zero attached hydrogens (tertiary/aromatic N) is 4. The molecule has 0 bridgehead atoms. The Morgan fingerprint density at radius 2 is 2.17 bits per heavy atom. The van der Waals surface area contributed by atoms with Crippen molar-refractivity contribution in [2.24, 2.45) is 0 Å². The molecule has 3 rings (SSSR count). The van der Waals surface area contributed by atoms with Crippen LogP contribution in [0.2, 0.25) is 0 Å². The number of rotatable bonds is 1. The summed E-state index contributed by atoms with van der Waals surface area (Å²) < 4.78 is 14.5. The molecule has 0 spiro atoms. The molecule has 2 aromatic rings. The van der Waals surface area contributed by atoms with Gasteiger partial charge >= 0.3 is 0 Å². The van der Waals surface area contributed by atoms with Crippen LogP contribution in [0.4, 0.5) is 4.39 Å². The molecule has 7 heteroatoms. The second kappa shape index (κ2) is 3.86. The SMILES string of the molecule is C[C@H]1Cn2c(nnc2-c2ccc(F)cn2)C(=O)N1. The van der Waals surface area contributed by atoms with Gasteiger partial charge in [0.2, 0.25) is 5.82 Å². The molecule has 18 heavy (non-hydrogen) atoms. The van der Waals surface area contributed by atoms with Crippen molar-refractivity contribution in [2.45, 2.75) is 19.5 Å². The Morgan fingerprint density at radius 1 is 1.39 bits per heavy atom. The molecule has 0 aliphatic carbocycles. The Balaban J connectivity index is 2.09. The van der Waals surface area contributed by atoms with Gasteiger partial charge in [0.05, 0.1) is 6.20 Å². The van der Waals surface area contributed by atoms with E-state index in [1.807, 2.05) is 6.92 Å². The van der Waals surface area contributed by atoms with Gasteiger partial charge in [0.1, 0.15) is 11.5 Å². The molecule has 1 N–H and O–H groups in total. The fourth-order valence-corrected chi connectivity index (χ4v) is 1.95. The number of carbonyl (C=O) groups is 1. The van der Waals surface area contributed by atoms with Gasteiger partial charge in [-0.1, -0.05) is 0 Å². The van der Waals surface area contributed by atoms with E-state index < -0.39 is 5.82 Å². The number of hydrogen-bond donors (Lipinski definition) is 1. The Morgan fingerprint density at radius 3 is 2.89 bits per heavy atom. The molecule has 6 nitrogen and oxygen atoms in total. The highest BCUT2D eigenvalue weighted by atomic mass is 19.1. The van der Waals surface area contributed by atoms with E-state index in [0.29, 0.717) is 18.1 Å². The van der Waals surface area contributed by atoms with Gasteiger partial charge in [-0.2, -0.15) is 0 Å². The van der Waals surface area contributed by atoms with Crippen molar-refractivity contribution >= 4 is 5.91 Å². The maximum absolute atomic E-state index is 12.8. The van der Waals surface area contributed by atoms with Crippen LogP contribution in [0.15, 0.2) is 18.3 Å². The average molecular weight is 247 g/mol. The summed E-state index contributed by atoms with van der Waals surface area (Å²) in [6, 6.07) is 2.82. The first kappa shape index (κ1) is 10.8. The zero-order chi connectivity index (χ0) is 12.7. The summed E-state index contributed by atoms with van der Waals surface area (Å²) in [7, 11) is 0. The van der Waals surface area contributed by atoms with Gasteiger partial charge < -0.3 is 5.32 Å². The van der Waals surface area contributed by atoms with Crippen molar-refractivity contribution in [2.75, 3.05) is 0 Å². The Bertz CT molecular complexity index is 606. The lowest BCUT2D eigenvalue weighted by Gasteiger charge is -2.21. The maximum Gasteiger partial charge on any atom is 0.289 e. The molecule has 0 fully saturated rings. The number of fused-ring (bicyclic) bond motifs is 1. The fraction of sp³-hybridized carbons (Fsp3) is 0.273. The van der Waals surface area contributed by atoms with Crippen LogP contribution in [0.3, 0.4) is 0 Å². The molecule has 0 saturated carbocycles. The summed E-state index contributed by atoms with van der Waals surface area (Å²) >= 11 is 0. The standard InChI is InChI=1S/C11H10FN5O/c1-6-5-17-9(8-3-2-7(12)4-13-8)15-16-10(17)11(18)14-6/h2-4,6H,5H2,1H3,(H,14,18)/t6-/m0/s1. The number of aromatic nitrogens is 4. The van der Waals surface area contributed by atoms with E-state index >= 15 is 0 Å². The quantitative estimate of drug-likeness (QED) is 0.801. The van der Waals surface area contributed by atoms with Gasteiger partial charge in [0, 0.05) is 12.6 Å². The van der Waals surface area contributed by atoms with E-state index in [1.54, 1.807) is 4.57 Å². The first-order valence-electron chi connectivity index (χ1n) is 5.51. The van der Waals surface area contributed by atoms with Crippen LogP contribution in [0.25, 0.3) is 11.5 Å². The zero-order valence-electron chi connectivity index (χ0n) is 9.59. The van der Waals surface area contributed by atoms with Crippen molar-refractivity contribution in [1.82, 2.24) is 25.1 Å². The second-order valence-corrected chi connectivity index (χ2v) is 4.19. The van der Waals surface area contributed by atoms with E-state index in [1.165, 1.54) is 12.1 Å². The molecule has 0 saturated heterocycles. The van der Waals surface area contributed by atoms with E-state index in [9.17, 15) is 9.18 Å². The Labute approximate surface area is 102 Å². The molecule has 2 aromatic heterocycles. The molecule has 0 unspecified atom stereocenters. The summed E-state index contributed by atoms with van der Waals surface area (Å²) in [5.41, 5.74) is 0.497. The predicted molar refractivity (Wildman–Crippen MR) is 60.1 cm³/mol. The van der Waals surface area contributed by atoms with Gasteiger partial charge in [-0.3, -0.25) is 9.36 Å². The molecule has 0 radical (unpaired) electrons. The average Bonchev–Trinajstić information content (AvgIpc) is 2.74. The van der Waals surface area contributed by atoms with Gasteiger partial charge in [-0.15, -0.1) is 10.2 Å². The number of hydrogen-bond acceptors (Lipinski definition) is 4.